The highest BCUT2D eigenvalue weighted by molar-refractivity contribution is 7.18. The van der Waals surface area contributed by atoms with E-state index in [4.69, 9.17) is 0 Å². The summed E-state index contributed by atoms with van der Waals surface area (Å²) >= 11 is 1.72. The van der Waals surface area contributed by atoms with Gasteiger partial charge in [-0.3, -0.25) is 4.79 Å². The van der Waals surface area contributed by atoms with Gasteiger partial charge in [-0.1, -0.05) is 25.0 Å². The van der Waals surface area contributed by atoms with Gasteiger partial charge >= 0.3 is 0 Å². The second-order valence-electron chi connectivity index (χ2n) is 7.07. The molecule has 4 rings (SSSR count). The molecule has 2 heterocycles. The van der Waals surface area contributed by atoms with E-state index in [9.17, 15) is 4.79 Å². The normalized spacial score (nSPS) is 27.3. The minimum Gasteiger partial charge on any atom is -0.337 e. The van der Waals surface area contributed by atoms with Gasteiger partial charge < -0.3 is 4.90 Å². The van der Waals surface area contributed by atoms with Crippen LogP contribution in [-0.2, 0) is 11.2 Å². The average Bonchev–Trinajstić information content (AvgIpc) is 3.12. The van der Waals surface area contributed by atoms with Gasteiger partial charge in [0.05, 0.1) is 15.2 Å². The summed E-state index contributed by atoms with van der Waals surface area (Å²) in [5.41, 5.74) is 1.06. The average molecular weight is 328 g/mol. The monoisotopic (exact) mass is 328 g/mol. The molecule has 1 aromatic carbocycles. The number of benzene rings is 1. The first-order chi connectivity index (χ1) is 11.2. The van der Waals surface area contributed by atoms with Gasteiger partial charge in [-0.25, -0.2) is 4.98 Å². The molecule has 2 aromatic rings. The maximum absolute atomic E-state index is 12.8. The molecule has 4 heteroatoms. The lowest BCUT2D eigenvalue weighted by molar-refractivity contribution is -0.134. The number of hydrogen-bond donors (Lipinski definition) is 0. The molecule has 23 heavy (non-hydrogen) atoms. The number of likely N-dealkylation sites (tertiary alicyclic amines) is 1. The van der Waals surface area contributed by atoms with Crippen LogP contribution in [0.5, 0.6) is 0 Å². The van der Waals surface area contributed by atoms with Crippen molar-refractivity contribution in [1.29, 1.82) is 0 Å². The van der Waals surface area contributed by atoms with Crippen LogP contribution in [-0.4, -0.2) is 27.9 Å². The summed E-state index contributed by atoms with van der Waals surface area (Å²) in [4.78, 5) is 19.7. The number of fused-ring (bicyclic) bond motifs is 2. The third kappa shape index (κ3) is 2.89. The topological polar surface area (TPSA) is 33.2 Å². The molecule has 3 nitrogen and oxygen atoms in total. The van der Waals surface area contributed by atoms with Crippen LogP contribution < -0.4 is 0 Å². The van der Waals surface area contributed by atoms with Gasteiger partial charge in [0.25, 0.3) is 0 Å². The van der Waals surface area contributed by atoms with Crippen LogP contribution in [0, 0.1) is 5.92 Å². The number of aryl methyl sites for hydroxylation is 1. The Kier molecular flexibility index (Phi) is 4.10. The lowest BCUT2D eigenvalue weighted by Gasteiger charge is -2.33. The van der Waals surface area contributed by atoms with Crippen molar-refractivity contribution < 1.29 is 4.79 Å². The van der Waals surface area contributed by atoms with E-state index in [2.05, 4.69) is 22.9 Å². The van der Waals surface area contributed by atoms with Gasteiger partial charge in [0, 0.05) is 24.9 Å². The lowest BCUT2D eigenvalue weighted by atomic mass is 9.85. The third-order valence-electron chi connectivity index (χ3n) is 5.52. The first-order valence-electron chi connectivity index (χ1n) is 8.88. The summed E-state index contributed by atoms with van der Waals surface area (Å²) < 4.78 is 1.22. The Bertz CT molecular complexity index is 677. The number of carbonyl (C=O) groups is 1. The zero-order valence-corrected chi connectivity index (χ0v) is 14.5. The van der Waals surface area contributed by atoms with Crippen molar-refractivity contribution in [3.63, 3.8) is 0 Å². The van der Waals surface area contributed by atoms with E-state index in [1.54, 1.807) is 11.3 Å². The highest BCUT2D eigenvalue weighted by atomic mass is 32.1. The summed E-state index contributed by atoms with van der Waals surface area (Å²) in [6.07, 6.45) is 7.75. The molecule has 3 atom stereocenters. The van der Waals surface area contributed by atoms with Crippen molar-refractivity contribution in [3.05, 3.63) is 29.3 Å². The van der Waals surface area contributed by atoms with Crippen molar-refractivity contribution in [3.8, 4) is 0 Å². The molecule has 122 valence electrons. The Hall–Kier alpha value is -1.42. The van der Waals surface area contributed by atoms with Crippen molar-refractivity contribution >= 4 is 27.5 Å². The fourth-order valence-electron chi connectivity index (χ4n) is 4.51. The molecule has 0 radical (unpaired) electrons. The van der Waals surface area contributed by atoms with Crippen LogP contribution in [0.25, 0.3) is 10.2 Å². The summed E-state index contributed by atoms with van der Waals surface area (Å²) in [6.45, 7) is 2.23. The largest absolute Gasteiger partial charge is 0.337 e. The number of para-hydroxylation sites is 1. The Balaban J connectivity index is 1.43. The van der Waals surface area contributed by atoms with Crippen LogP contribution in [0.3, 0.4) is 0 Å². The van der Waals surface area contributed by atoms with E-state index in [-0.39, 0.29) is 0 Å². The van der Waals surface area contributed by atoms with Crippen LogP contribution in [0.2, 0.25) is 0 Å². The second-order valence-corrected chi connectivity index (χ2v) is 8.19. The van der Waals surface area contributed by atoms with Crippen LogP contribution in [0.4, 0.5) is 0 Å². The van der Waals surface area contributed by atoms with Gasteiger partial charge in [0.2, 0.25) is 5.91 Å². The van der Waals surface area contributed by atoms with Gasteiger partial charge in [-0.15, -0.1) is 11.3 Å². The lowest BCUT2D eigenvalue weighted by Crippen LogP contribution is -2.42. The molecule has 0 N–H and O–H groups in total. The maximum Gasteiger partial charge on any atom is 0.223 e. The molecule has 1 aliphatic carbocycles. The molecular formula is C19H24N2OS. The first kappa shape index (κ1) is 15.1. The number of rotatable bonds is 3. The van der Waals surface area contributed by atoms with Crippen molar-refractivity contribution in [2.24, 2.45) is 5.92 Å². The number of aromatic nitrogens is 1. The van der Waals surface area contributed by atoms with E-state index < -0.39 is 0 Å². The highest BCUT2D eigenvalue weighted by Gasteiger charge is 2.42. The van der Waals surface area contributed by atoms with E-state index >= 15 is 0 Å². The molecular weight excluding hydrogens is 304 g/mol. The predicted octanol–water partition coefficient (Wildman–Crippen LogP) is 4.41. The number of carbonyl (C=O) groups excluding carboxylic acids is 1. The minimum atomic E-state index is 0.339. The quantitative estimate of drug-likeness (QED) is 0.836. The van der Waals surface area contributed by atoms with E-state index in [0.29, 0.717) is 24.4 Å². The van der Waals surface area contributed by atoms with Gasteiger partial charge in [-0.05, 0) is 44.2 Å². The minimum absolute atomic E-state index is 0.339. The third-order valence-corrected chi connectivity index (χ3v) is 6.62. The molecule has 0 bridgehead atoms. The number of amides is 1. The van der Waals surface area contributed by atoms with Gasteiger partial charge in [-0.2, -0.15) is 0 Å². The van der Waals surface area contributed by atoms with Crippen LogP contribution >= 0.6 is 11.3 Å². The molecule has 2 aliphatic rings. The summed E-state index contributed by atoms with van der Waals surface area (Å²) in [5, 5.41) is 1.09. The standard InChI is InChI=1S/C19H24N2OS/c1-13-12-14-6-2-4-8-16(14)21(13)19(22)11-10-18-20-15-7-3-5-9-17(15)23-18/h3,5,7,9,13-14,16H,2,4,6,8,10-12H2,1H3. The zero-order chi connectivity index (χ0) is 15.8. The molecule has 2 fully saturated rings. The Morgan fingerprint density at radius 1 is 1.30 bits per heavy atom. The van der Waals surface area contributed by atoms with Crippen LogP contribution in [0.1, 0.15) is 50.5 Å². The van der Waals surface area contributed by atoms with E-state index in [1.165, 1.54) is 36.8 Å². The summed E-state index contributed by atoms with van der Waals surface area (Å²) in [5.74, 6) is 1.09. The Morgan fingerprint density at radius 3 is 3.00 bits per heavy atom. The maximum atomic E-state index is 12.8. The van der Waals surface area contributed by atoms with E-state index in [0.717, 1.165) is 22.9 Å². The SMILES string of the molecule is CC1CC2CCCCC2N1C(=O)CCc1nc2ccccc2s1. The van der Waals surface area contributed by atoms with Crippen molar-refractivity contribution in [2.75, 3.05) is 0 Å². The summed E-state index contributed by atoms with van der Waals surface area (Å²) in [6, 6.07) is 9.16. The van der Waals surface area contributed by atoms with Gasteiger partial charge in [0.1, 0.15) is 0 Å². The molecule has 1 saturated heterocycles. The Morgan fingerprint density at radius 2 is 2.13 bits per heavy atom. The zero-order valence-electron chi connectivity index (χ0n) is 13.7. The molecule has 3 unspecified atom stereocenters. The van der Waals surface area contributed by atoms with Crippen molar-refractivity contribution in [2.45, 2.75) is 64.0 Å². The fraction of sp³-hybridized carbons (Fsp3) is 0.579. The fourth-order valence-corrected chi connectivity index (χ4v) is 5.48. The smallest absolute Gasteiger partial charge is 0.223 e. The molecule has 0 spiro atoms. The molecule has 1 amide bonds. The highest BCUT2D eigenvalue weighted by Crippen LogP contribution is 2.39. The number of thiazole rings is 1. The summed E-state index contributed by atoms with van der Waals surface area (Å²) in [7, 11) is 0. The van der Waals surface area contributed by atoms with Crippen molar-refractivity contribution in [1.82, 2.24) is 9.88 Å². The van der Waals surface area contributed by atoms with Crippen LogP contribution in [0.15, 0.2) is 24.3 Å². The van der Waals surface area contributed by atoms with E-state index in [1.807, 2.05) is 18.2 Å². The molecule has 1 aliphatic heterocycles. The Labute approximate surface area is 141 Å². The molecule has 1 saturated carbocycles. The first-order valence-corrected chi connectivity index (χ1v) is 9.69. The second kappa shape index (κ2) is 6.23. The van der Waals surface area contributed by atoms with Gasteiger partial charge in [0.15, 0.2) is 0 Å². The predicted molar refractivity (Wildman–Crippen MR) is 94.6 cm³/mol. The number of hydrogen-bond acceptors (Lipinski definition) is 3. The number of nitrogens with zero attached hydrogens (tertiary/aromatic N) is 2. The molecule has 1 aromatic heterocycles.